The summed E-state index contributed by atoms with van der Waals surface area (Å²) in [6, 6.07) is 11.3. The van der Waals surface area contributed by atoms with Crippen molar-refractivity contribution in [2.45, 2.75) is 88.8 Å². The molecule has 1 aromatic carbocycles. The number of hydrogen-bond donors (Lipinski definition) is 1. The number of carbonyl (C=O) groups is 3. The first kappa shape index (κ1) is 34.2. The lowest BCUT2D eigenvalue weighted by Gasteiger charge is -2.44. The van der Waals surface area contributed by atoms with Crippen molar-refractivity contribution in [1.29, 1.82) is 5.26 Å². The third kappa shape index (κ3) is 7.09. The molecule has 3 heterocycles. The molecule has 2 atom stereocenters. The lowest BCUT2D eigenvalue weighted by atomic mass is 9.73. The van der Waals surface area contributed by atoms with Gasteiger partial charge in [0, 0.05) is 37.4 Å². The molecule has 1 saturated carbocycles. The number of carboxylic acids is 1. The number of amides is 2. The number of pyridine rings is 1. The van der Waals surface area contributed by atoms with Gasteiger partial charge in [0.1, 0.15) is 11.4 Å². The van der Waals surface area contributed by atoms with Crippen LogP contribution >= 0.6 is 0 Å². The molecule has 0 bridgehead atoms. The maximum absolute atomic E-state index is 14.0. The van der Waals surface area contributed by atoms with E-state index in [1.165, 1.54) is 11.1 Å². The average molecular weight is 655 g/mol. The van der Waals surface area contributed by atoms with E-state index >= 15 is 0 Å². The van der Waals surface area contributed by atoms with E-state index in [1.54, 1.807) is 4.90 Å². The van der Waals surface area contributed by atoms with E-state index in [9.17, 15) is 37.9 Å². The van der Waals surface area contributed by atoms with Crippen molar-refractivity contribution in [2.24, 2.45) is 11.3 Å². The van der Waals surface area contributed by atoms with Crippen molar-refractivity contribution in [3.63, 3.8) is 0 Å². The van der Waals surface area contributed by atoms with Crippen LogP contribution in [0.3, 0.4) is 0 Å². The lowest BCUT2D eigenvalue weighted by molar-refractivity contribution is -0.143. The predicted molar refractivity (Wildman–Crippen MR) is 165 cm³/mol. The summed E-state index contributed by atoms with van der Waals surface area (Å²) in [7, 11) is 0. The number of benzene rings is 1. The van der Waals surface area contributed by atoms with Crippen molar-refractivity contribution < 1.29 is 37.4 Å². The minimum Gasteiger partial charge on any atom is -0.493 e. The van der Waals surface area contributed by atoms with Gasteiger partial charge in [0.15, 0.2) is 0 Å². The van der Waals surface area contributed by atoms with Crippen LogP contribution < -0.4 is 4.74 Å². The van der Waals surface area contributed by atoms with E-state index in [4.69, 9.17) is 4.74 Å². The van der Waals surface area contributed by atoms with Crippen LogP contribution in [0.25, 0.3) is 0 Å². The largest absolute Gasteiger partial charge is 0.493 e. The third-order valence-electron chi connectivity index (χ3n) is 10.2. The molecular formula is C35H41F3N4O5. The Morgan fingerprint density at radius 1 is 1.09 bits per heavy atom. The van der Waals surface area contributed by atoms with Crippen LogP contribution in [0.1, 0.15) is 92.7 Å². The van der Waals surface area contributed by atoms with Gasteiger partial charge in [-0.2, -0.15) is 18.4 Å². The first-order valence-corrected chi connectivity index (χ1v) is 16.5. The smallest absolute Gasteiger partial charge is 0.418 e. The van der Waals surface area contributed by atoms with Gasteiger partial charge < -0.3 is 19.6 Å². The molecule has 2 saturated heterocycles. The SMILES string of the molecule is CCCC1C(C(=O)N2CCC(C#N)(c3ccccc3OCCCC3(C(=O)O)CC3)CC2)CCCN1C(=O)c1ncccc1C(F)(F)F. The number of rotatable bonds is 11. The number of para-hydroxylation sites is 1. The maximum atomic E-state index is 14.0. The van der Waals surface area contributed by atoms with Gasteiger partial charge in [-0.15, -0.1) is 0 Å². The van der Waals surface area contributed by atoms with Gasteiger partial charge in [-0.3, -0.25) is 19.4 Å². The Hall–Kier alpha value is -4.14. The number of aromatic nitrogens is 1. The number of nitriles is 1. The summed E-state index contributed by atoms with van der Waals surface area (Å²) >= 11 is 0. The zero-order valence-corrected chi connectivity index (χ0v) is 26.6. The number of piperidine rings is 2. The molecule has 2 aromatic rings. The van der Waals surface area contributed by atoms with Gasteiger partial charge in [-0.1, -0.05) is 31.5 Å². The summed E-state index contributed by atoms with van der Waals surface area (Å²) in [5.41, 5.74) is -2.52. The molecule has 1 aliphatic carbocycles. The Labute approximate surface area is 272 Å². The van der Waals surface area contributed by atoms with Crippen LogP contribution in [0.4, 0.5) is 13.2 Å². The van der Waals surface area contributed by atoms with Gasteiger partial charge in [-0.25, -0.2) is 0 Å². The predicted octanol–water partition coefficient (Wildman–Crippen LogP) is 6.23. The molecule has 2 aliphatic heterocycles. The Kier molecular flexibility index (Phi) is 10.1. The van der Waals surface area contributed by atoms with Crippen molar-refractivity contribution in [3.05, 3.63) is 59.4 Å². The average Bonchev–Trinajstić information content (AvgIpc) is 3.87. The number of ether oxygens (including phenoxy) is 1. The molecule has 12 heteroatoms. The fraction of sp³-hybridized carbons (Fsp3) is 0.571. The number of aliphatic carboxylic acids is 1. The molecule has 252 valence electrons. The minimum atomic E-state index is -4.74. The Morgan fingerprint density at radius 2 is 1.81 bits per heavy atom. The summed E-state index contributed by atoms with van der Waals surface area (Å²) in [6.45, 7) is 3.11. The van der Waals surface area contributed by atoms with Crippen LogP contribution in [-0.2, 0) is 21.2 Å². The van der Waals surface area contributed by atoms with E-state index in [0.717, 1.165) is 17.7 Å². The molecule has 2 amide bonds. The molecule has 2 unspecified atom stereocenters. The second kappa shape index (κ2) is 13.9. The second-order valence-corrected chi connectivity index (χ2v) is 13.1. The fourth-order valence-corrected chi connectivity index (χ4v) is 7.28. The molecular weight excluding hydrogens is 613 g/mol. The van der Waals surface area contributed by atoms with E-state index < -0.39 is 52.1 Å². The van der Waals surface area contributed by atoms with Crippen molar-refractivity contribution in [1.82, 2.24) is 14.8 Å². The molecule has 0 radical (unpaired) electrons. The fourth-order valence-electron chi connectivity index (χ4n) is 7.28. The highest BCUT2D eigenvalue weighted by Gasteiger charge is 2.49. The molecule has 5 rings (SSSR count). The summed E-state index contributed by atoms with van der Waals surface area (Å²) in [6.07, 6.45) is 1.75. The lowest BCUT2D eigenvalue weighted by Crippen LogP contribution is -2.55. The number of carbonyl (C=O) groups excluding carboxylic acids is 2. The molecule has 1 N–H and O–H groups in total. The molecule has 9 nitrogen and oxygen atoms in total. The van der Waals surface area contributed by atoms with Gasteiger partial charge in [-0.05, 0) is 76.0 Å². The zero-order valence-electron chi connectivity index (χ0n) is 26.6. The van der Waals surface area contributed by atoms with Crippen LogP contribution in [0, 0.1) is 22.7 Å². The highest BCUT2D eigenvalue weighted by molar-refractivity contribution is 5.95. The molecule has 3 aliphatic rings. The molecule has 0 spiro atoms. The van der Waals surface area contributed by atoms with Gasteiger partial charge in [0.05, 0.1) is 35.0 Å². The van der Waals surface area contributed by atoms with Gasteiger partial charge >= 0.3 is 12.1 Å². The Morgan fingerprint density at radius 3 is 2.45 bits per heavy atom. The highest BCUT2D eigenvalue weighted by atomic mass is 19.4. The van der Waals surface area contributed by atoms with Crippen LogP contribution in [-0.4, -0.2) is 70.0 Å². The molecule has 3 fully saturated rings. The third-order valence-corrected chi connectivity index (χ3v) is 10.2. The summed E-state index contributed by atoms with van der Waals surface area (Å²) in [4.78, 5) is 46.0. The van der Waals surface area contributed by atoms with Gasteiger partial charge in [0.25, 0.3) is 5.91 Å². The maximum Gasteiger partial charge on any atom is 0.418 e. The normalized spacial score (nSPS) is 21.9. The van der Waals surface area contributed by atoms with Crippen LogP contribution in [0.15, 0.2) is 42.6 Å². The number of alkyl halides is 3. The van der Waals surface area contributed by atoms with E-state index in [-0.39, 0.29) is 12.5 Å². The quantitative estimate of drug-likeness (QED) is 0.285. The number of halogens is 3. The topological polar surface area (TPSA) is 124 Å². The van der Waals surface area contributed by atoms with E-state index in [1.807, 2.05) is 31.2 Å². The van der Waals surface area contributed by atoms with Crippen LogP contribution in [0.5, 0.6) is 5.75 Å². The number of nitrogens with zero attached hydrogens (tertiary/aromatic N) is 4. The van der Waals surface area contributed by atoms with E-state index in [2.05, 4.69) is 11.1 Å². The van der Waals surface area contributed by atoms with E-state index in [0.29, 0.717) is 89.7 Å². The second-order valence-electron chi connectivity index (χ2n) is 13.1. The van der Waals surface area contributed by atoms with Crippen molar-refractivity contribution in [2.75, 3.05) is 26.2 Å². The first-order valence-electron chi connectivity index (χ1n) is 16.5. The Balaban J connectivity index is 1.27. The molecule has 1 aromatic heterocycles. The van der Waals surface area contributed by atoms with Gasteiger partial charge in [0.2, 0.25) is 5.91 Å². The Bertz CT molecular complexity index is 1510. The summed E-state index contributed by atoms with van der Waals surface area (Å²) < 4.78 is 47.3. The zero-order chi connectivity index (χ0) is 33.8. The van der Waals surface area contributed by atoms with Crippen LogP contribution in [0.2, 0.25) is 0 Å². The number of carboxylic acid groups (broad SMARTS) is 1. The molecule has 47 heavy (non-hydrogen) atoms. The monoisotopic (exact) mass is 654 g/mol. The first-order chi connectivity index (χ1) is 22.5. The summed E-state index contributed by atoms with van der Waals surface area (Å²) in [5.74, 6) is -1.73. The number of likely N-dealkylation sites (tertiary alicyclic amines) is 2. The standard InChI is InChI=1S/C35H41F3N4O5/c1-2-8-27-24(9-6-19-42(27)31(44)29-26(35(36,37)38)11-5-18-40-29)30(43)41-20-16-34(23-39,17-21-41)25-10-3-4-12-28(25)47-22-7-13-33(14-15-33)32(45)46/h3-5,10-12,18,24,27H,2,6-9,13-17,19-22H2,1H3,(H,45,46). The summed E-state index contributed by atoms with van der Waals surface area (Å²) in [5, 5.41) is 19.9. The minimum absolute atomic E-state index is 0.151. The van der Waals surface area contributed by atoms with Crippen molar-refractivity contribution in [3.8, 4) is 11.8 Å². The van der Waals surface area contributed by atoms with Crippen molar-refractivity contribution >= 4 is 17.8 Å². The number of hydrogen-bond acceptors (Lipinski definition) is 6. The highest BCUT2D eigenvalue weighted by Crippen LogP contribution is 2.50.